The van der Waals surface area contributed by atoms with E-state index in [4.69, 9.17) is 13.9 Å². The fourth-order valence-electron chi connectivity index (χ4n) is 6.18. The Kier molecular flexibility index (Phi) is 5.48. The molecule has 0 amide bonds. The minimum absolute atomic E-state index is 0.0267. The van der Waals surface area contributed by atoms with Gasteiger partial charge in [0.2, 0.25) is 0 Å². The number of hydrogen-bond acceptors (Lipinski definition) is 5. The summed E-state index contributed by atoms with van der Waals surface area (Å²) in [6.45, 7) is 13.2. The van der Waals surface area contributed by atoms with Crippen LogP contribution in [-0.4, -0.2) is 18.7 Å². The Morgan fingerprint density at radius 3 is 2.68 bits per heavy atom. The molecular formula is C26H32O5. The molecule has 0 bridgehead atoms. The van der Waals surface area contributed by atoms with Gasteiger partial charge in [0, 0.05) is 35.8 Å². The summed E-state index contributed by atoms with van der Waals surface area (Å²) in [6, 6.07) is 8.77. The number of esters is 1. The van der Waals surface area contributed by atoms with Gasteiger partial charge in [-0.3, -0.25) is 4.79 Å². The second-order valence-corrected chi connectivity index (χ2v) is 10.0. The predicted octanol–water partition coefficient (Wildman–Crippen LogP) is 5.51. The van der Waals surface area contributed by atoms with E-state index < -0.39 is 0 Å². The van der Waals surface area contributed by atoms with Crippen molar-refractivity contribution in [3.63, 3.8) is 0 Å². The Bertz CT molecular complexity index is 1060. The molecule has 4 atom stereocenters. The summed E-state index contributed by atoms with van der Waals surface area (Å²) in [7, 11) is 0. The molecule has 0 aliphatic heterocycles. The fourth-order valence-corrected chi connectivity index (χ4v) is 6.18. The summed E-state index contributed by atoms with van der Waals surface area (Å²) < 4.78 is 17.2. The Balaban J connectivity index is 1.56. The van der Waals surface area contributed by atoms with Crippen LogP contribution >= 0.6 is 0 Å². The molecule has 0 N–H and O–H groups in total. The molecule has 1 heterocycles. The van der Waals surface area contributed by atoms with Crippen LogP contribution in [0.3, 0.4) is 0 Å². The van der Waals surface area contributed by atoms with Crippen LogP contribution in [0.2, 0.25) is 0 Å². The monoisotopic (exact) mass is 424 g/mol. The van der Waals surface area contributed by atoms with Crippen LogP contribution in [0.5, 0.6) is 5.75 Å². The Labute approximate surface area is 183 Å². The van der Waals surface area contributed by atoms with Crippen molar-refractivity contribution in [3.05, 3.63) is 52.9 Å². The van der Waals surface area contributed by atoms with Gasteiger partial charge in [0.15, 0.2) is 0 Å². The molecule has 0 radical (unpaired) electrons. The molecule has 0 saturated heterocycles. The lowest BCUT2D eigenvalue weighted by Crippen LogP contribution is -2.56. The summed E-state index contributed by atoms with van der Waals surface area (Å²) in [4.78, 5) is 23.2. The third kappa shape index (κ3) is 3.90. The second kappa shape index (κ2) is 7.85. The zero-order chi connectivity index (χ0) is 22.4. The normalized spacial score (nSPS) is 29.9. The highest BCUT2D eigenvalue weighted by atomic mass is 16.5. The van der Waals surface area contributed by atoms with Crippen LogP contribution in [0.15, 0.2) is 51.7 Å². The smallest absolute Gasteiger partial charge is 0.336 e. The second-order valence-electron chi connectivity index (χ2n) is 10.0. The first-order chi connectivity index (χ1) is 14.6. The van der Waals surface area contributed by atoms with E-state index in [1.54, 1.807) is 12.1 Å². The van der Waals surface area contributed by atoms with E-state index in [9.17, 15) is 9.59 Å². The Hall–Kier alpha value is -2.56. The number of hydrogen-bond donors (Lipinski definition) is 0. The van der Waals surface area contributed by atoms with E-state index in [1.807, 2.05) is 12.1 Å². The number of carbonyl (C=O) groups is 1. The van der Waals surface area contributed by atoms with Gasteiger partial charge in [-0.2, -0.15) is 0 Å². The Morgan fingerprint density at radius 2 is 1.94 bits per heavy atom. The van der Waals surface area contributed by atoms with Gasteiger partial charge in [-0.15, -0.1) is 0 Å². The minimum atomic E-state index is -0.368. The SMILES string of the molecule is C=C1CC[C@H]2C(C)(C)[C@@H](OC(C)=O)CC[C@]2(C)[C@H]1COc1ccc2ccc(=O)oc2c1. The lowest BCUT2D eigenvalue weighted by molar-refractivity contribution is -0.175. The topological polar surface area (TPSA) is 65.7 Å². The van der Waals surface area contributed by atoms with E-state index >= 15 is 0 Å². The number of benzene rings is 1. The van der Waals surface area contributed by atoms with Gasteiger partial charge in [-0.1, -0.05) is 32.9 Å². The number of rotatable bonds is 4. The van der Waals surface area contributed by atoms with Crippen molar-refractivity contribution >= 4 is 16.9 Å². The molecule has 2 fully saturated rings. The molecule has 0 spiro atoms. The Morgan fingerprint density at radius 1 is 1.19 bits per heavy atom. The third-order valence-corrected chi connectivity index (χ3v) is 7.83. The first kappa shape index (κ1) is 21.7. The van der Waals surface area contributed by atoms with E-state index in [2.05, 4.69) is 27.4 Å². The molecule has 2 saturated carbocycles. The van der Waals surface area contributed by atoms with Gasteiger partial charge in [0.05, 0.1) is 6.61 Å². The predicted molar refractivity (Wildman–Crippen MR) is 120 cm³/mol. The van der Waals surface area contributed by atoms with Crippen LogP contribution < -0.4 is 10.4 Å². The van der Waals surface area contributed by atoms with Crippen molar-refractivity contribution in [1.29, 1.82) is 0 Å². The van der Waals surface area contributed by atoms with Crippen molar-refractivity contribution in [1.82, 2.24) is 0 Å². The highest BCUT2D eigenvalue weighted by molar-refractivity contribution is 5.77. The average molecular weight is 425 g/mol. The molecule has 2 aliphatic carbocycles. The lowest BCUT2D eigenvalue weighted by Gasteiger charge is -2.59. The van der Waals surface area contributed by atoms with Gasteiger partial charge in [-0.05, 0) is 55.2 Å². The molecule has 2 aromatic rings. The molecular weight excluding hydrogens is 392 g/mol. The van der Waals surface area contributed by atoms with E-state index in [1.165, 1.54) is 18.6 Å². The molecule has 0 unspecified atom stereocenters. The minimum Gasteiger partial charge on any atom is -0.493 e. The van der Waals surface area contributed by atoms with E-state index in [0.29, 0.717) is 23.9 Å². The zero-order valence-electron chi connectivity index (χ0n) is 18.9. The molecule has 166 valence electrons. The average Bonchev–Trinajstić information content (AvgIpc) is 2.69. The highest BCUT2D eigenvalue weighted by Crippen LogP contribution is 2.61. The summed E-state index contributed by atoms with van der Waals surface area (Å²) in [6.07, 6.45) is 3.78. The summed E-state index contributed by atoms with van der Waals surface area (Å²) >= 11 is 0. The molecule has 1 aromatic carbocycles. The van der Waals surface area contributed by atoms with Crippen LogP contribution in [-0.2, 0) is 9.53 Å². The number of ether oxygens (including phenoxy) is 2. The van der Waals surface area contributed by atoms with Crippen LogP contribution in [0, 0.1) is 22.7 Å². The van der Waals surface area contributed by atoms with Crippen LogP contribution in [0.25, 0.3) is 11.0 Å². The lowest BCUT2D eigenvalue weighted by atomic mass is 9.47. The molecule has 5 heteroatoms. The fraction of sp³-hybridized carbons (Fsp3) is 0.538. The van der Waals surface area contributed by atoms with Crippen LogP contribution in [0.4, 0.5) is 0 Å². The van der Waals surface area contributed by atoms with Crippen LogP contribution in [0.1, 0.15) is 53.4 Å². The molecule has 1 aromatic heterocycles. The number of fused-ring (bicyclic) bond motifs is 2. The highest BCUT2D eigenvalue weighted by Gasteiger charge is 2.57. The quantitative estimate of drug-likeness (QED) is 0.368. The van der Waals surface area contributed by atoms with E-state index in [-0.39, 0.29) is 34.4 Å². The first-order valence-corrected chi connectivity index (χ1v) is 11.1. The summed E-state index contributed by atoms with van der Waals surface area (Å²) in [5.41, 5.74) is 1.31. The number of carbonyl (C=O) groups excluding carboxylic acids is 1. The standard InChI is InChI=1S/C26H32O5/c1-16-6-10-22-25(3,4)23(30-17(2)27)12-13-26(22,5)20(16)15-29-19-9-7-18-8-11-24(28)31-21(18)14-19/h7-9,11,14,20,22-23H,1,6,10,12-13,15H2,2-5H3/t20-,22-,23-,26+/m0/s1. The maximum Gasteiger partial charge on any atom is 0.336 e. The first-order valence-electron chi connectivity index (χ1n) is 11.1. The molecule has 2 aliphatic rings. The molecule has 5 nitrogen and oxygen atoms in total. The zero-order valence-corrected chi connectivity index (χ0v) is 18.9. The maximum absolute atomic E-state index is 11.6. The largest absolute Gasteiger partial charge is 0.493 e. The van der Waals surface area contributed by atoms with Gasteiger partial charge >= 0.3 is 11.6 Å². The van der Waals surface area contributed by atoms with Gasteiger partial charge in [-0.25, -0.2) is 4.79 Å². The molecule has 4 rings (SSSR count). The maximum atomic E-state index is 11.6. The summed E-state index contributed by atoms with van der Waals surface area (Å²) in [5, 5.41) is 0.867. The van der Waals surface area contributed by atoms with Gasteiger partial charge in [0.1, 0.15) is 17.4 Å². The van der Waals surface area contributed by atoms with Crippen molar-refractivity contribution in [3.8, 4) is 5.75 Å². The van der Waals surface area contributed by atoms with Crippen molar-refractivity contribution in [2.45, 2.75) is 59.5 Å². The van der Waals surface area contributed by atoms with Crippen molar-refractivity contribution < 1.29 is 18.7 Å². The third-order valence-electron chi connectivity index (χ3n) is 7.83. The summed E-state index contributed by atoms with van der Waals surface area (Å²) in [5.74, 6) is 1.10. The van der Waals surface area contributed by atoms with Gasteiger partial charge < -0.3 is 13.9 Å². The molecule has 31 heavy (non-hydrogen) atoms. The van der Waals surface area contributed by atoms with Gasteiger partial charge in [0.25, 0.3) is 0 Å². The van der Waals surface area contributed by atoms with E-state index in [0.717, 1.165) is 31.1 Å². The van der Waals surface area contributed by atoms with Crippen molar-refractivity contribution in [2.24, 2.45) is 22.7 Å². The van der Waals surface area contributed by atoms with Crippen molar-refractivity contribution in [2.75, 3.05) is 6.61 Å².